The van der Waals surface area contributed by atoms with Gasteiger partial charge in [-0.3, -0.25) is 10.2 Å². The fraction of sp³-hybridized carbons (Fsp3) is 0.600. The lowest BCUT2D eigenvalue weighted by molar-refractivity contribution is -0.124. The number of amides is 1. The minimum atomic E-state index is -0.238. The van der Waals surface area contributed by atoms with Crippen LogP contribution in [0.1, 0.15) is 38.6 Å². The van der Waals surface area contributed by atoms with Crippen molar-refractivity contribution < 1.29 is 4.79 Å². The molecule has 1 amide bonds. The lowest BCUT2D eigenvalue weighted by atomic mass is 10.1. The number of nitrogens with one attached hydrogen (secondary N) is 1. The molecule has 1 rings (SSSR count). The zero-order valence-corrected chi connectivity index (χ0v) is 9.23. The summed E-state index contributed by atoms with van der Waals surface area (Å²) in [6.45, 7) is 4.06. The second-order valence-electron chi connectivity index (χ2n) is 3.42. The molecule has 0 bridgehead atoms. The molecule has 3 N–H and O–H groups in total. The molecule has 1 aromatic rings. The number of imidazole rings is 1. The Kier molecular flexibility index (Phi) is 4.30. The third-order valence-electron chi connectivity index (χ3n) is 2.41. The first-order valence-corrected chi connectivity index (χ1v) is 5.26. The minimum absolute atomic E-state index is 0.162. The number of hydrogen-bond donors (Lipinski definition) is 2. The normalized spacial score (nSPS) is 12.5. The van der Waals surface area contributed by atoms with Gasteiger partial charge in [0.05, 0.1) is 0 Å². The summed E-state index contributed by atoms with van der Waals surface area (Å²) >= 11 is 0. The van der Waals surface area contributed by atoms with E-state index in [1.165, 1.54) is 0 Å². The summed E-state index contributed by atoms with van der Waals surface area (Å²) in [4.78, 5) is 15.8. The molecule has 1 atom stereocenters. The average molecular weight is 210 g/mol. The van der Waals surface area contributed by atoms with E-state index >= 15 is 0 Å². The summed E-state index contributed by atoms with van der Waals surface area (Å²) in [7, 11) is 0. The fourth-order valence-electron chi connectivity index (χ4n) is 1.67. The smallest absolute Gasteiger partial charge is 0.256 e. The predicted molar refractivity (Wildman–Crippen MR) is 57.9 cm³/mol. The van der Waals surface area contributed by atoms with Crippen LogP contribution in [0.25, 0.3) is 0 Å². The van der Waals surface area contributed by atoms with E-state index in [9.17, 15) is 4.79 Å². The van der Waals surface area contributed by atoms with E-state index in [2.05, 4.69) is 10.4 Å². The van der Waals surface area contributed by atoms with Crippen LogP contribution >= 0.6 is 0 Å². The number of aromatic nitrogens is 2. The Hall–Kier alpha value is -1.36. The van der Waals surface area contributed by atoms with Crippen molar-refractivity contribution in [1.82, 2.24) is 15.0 Å². The van der Waals surface area contributed by atoms with Crippen molar-refractivity contribution in [3.63, 3.8) is 0 Å². The fourth-order valence-corrected chi connectivity index (χ4v) is 1.67. The van der Waals surface area contributed by atoms with Crippen molar-refractivity contribution in [3.8, 4) is 0 Å². The Morgan fingerprint density at radius 3 is 2.93 bits per heavy atom. The van der Waals surface area contributed by atoms with Crippen molar-refractivity contribution >= 4 is 5.91 Å². The SMILES string of the molecule is CCCC(C(=O)NN)n1ccnc1CC. The van der Waals surface area contributed by atoms with Crippen molar-refractivity contribution in [1.29, 1.82) is 0 Å². The van der Waals surface area contributed by atoms with Crippen LogP contribution in [-0.4, -0.2) is 15.5 Å². The van der Waals surface area contributed by atoms with Crippen LogP contribution in [0.15, 0.2) is 12.4 Å². The zero-order valence-electron chi connectivity index (χ0n) is 9.23. The maximum absolute atomic E-state index is 11.6. The quantitative estimate of drug-likeness (QED) is 0.428. The van der Waals surface area contributed by atoms with Gasteiger partial charge in [-0.1, -0.05) is 20.3 Å². The summed E-state index contributed by atoms with van der Waals surface area (Å²) < 4.78 is 1.89. The summed E-state index contributed by atoms with van der Waals surface area (Å²) in [5.74, 6) is 5.92. The van der Waals surface area contributed by atoms with E-state index in [-0.39, 0.29) is 11.9 Å². The summed E-state index contributed by atoms with van der Waals surface area (Å²) in [5, 5.41) is 0. The van der Waals surface area contributed by atoms with Gasteiger partial charge < -0.3 is 4.57 Å². The first-order valence-electron chi connectivity index (χ1n) is 5.26. The van der Waals surface area contributed by atoms with Gasteiger partial charge in [0.15, 0.2) is 0 Å². The number of carbonyl (C=O) groups excluding carboxylic acids is 1. The number of carbonyl (C=O) groups is 1. The van der Waals surface area contributed by atoms with Gasteiger partial charge in [0.25, 0.3) is 5.91 Å². The molecule has 0 aliphatic carbocycles. The highest BCUT2D eigenvalue weighted by Gasteiger charge is 2.20. The van der Waals surface area contributed by atoms with Gasteiger partial charge in [0, 0.05) is 18.8 Å². The Balaban J connectivity index is 2.92. The minimum Gasteiger partial charge on any atom is -0.322 e. The first-order chi connectivity index (χ1) is 7.24. The van der Waals surface area contributed by atoms with E-state index < -0.39 is 0 Å². The molecule has 0 aliphatic rings. The molecule has 1 unspecified atom stereocenters. The molecular formula is C10H18N4O. The third-order valence-corrected chi connectivity index (χ3v) is 2.41. The number of hydrazine groups is 1. The Morgan fingerprint density at radius 2 is 2.40 bits per heavy atom. The molecule has 0 aliphatic heterocycles. The molecule has 0 aromatic carbocycles. The van der Waals surface area contributed by atoms with E-state index in [4.69, 9.17) is 5.84 Å². The monoisotopic (exact) mass is 210 g/mol. The molecule has 1 aromatic heterocycles. The van der Waals surface area contributed by atoms with Crippen LogP contribution in [0.5, 0.6) is 0 Å². The standard InChI is InChI=1S/C10H18N4O/c1-3-5-8(10(15)13-11)14-7-6-12-9(14)4-2/h6-8H,3-5,11H2,1-2H3,(H,13,15). The number of hydrogen-bond acceptors (Lipinski definition) is 3. The van der Waals surface area contributed by atoms with Crippen LogP contribution in [0.3, 0.4) is 0 Å². The lowest BCUT2D eigenvalue weighted by Gasteiger charge is -2.18. The topological polar surface area (TPSA) is 72.9 Å². The highest BCUT2D eigenvalue weighted by Crippen LogP contribution is 2.16. The first kappa shape index (κ1) is 11.7. The summed E-state index contributed by atoms with van der Waals surface area (Å²) in [6.07, 6.45) is 6.05. The van der Waals surface area contributed by atoms with Gasteiger partial charge in [-0.25, -0.2) is 10.8 Å². The zero-order chi connectivity index (χ0) is 11.3. The lowest BCUT2D eigenvalue weighted by Crippen LogP contribution is -2.37. The van der Waals surface area contributed by atoms with Crippen LogP contribution in [0, 0.1) is 0 Å². The average Bonchev–Trinajstić information content (AvgIpc) is 2.72. The van der Waals surface area contributed by atoms with Gasteiger partial charge >= 0.3 is 0 Å². The summed E-state index contributed by atoms with van der Waals surface area (Å²) in [6, 6.07) is -0.238. The predicted octanol–water partition coefficient (Wildman–Crippen LogP) is 0.777. The largest absolute Gasteiger partial charge is 0.322 e. The summed E-state index contributed by atoms with van der Waals surface area (Å²) in [5.41, 5.74) is 2.20. The van der Waals surface area contributed by atoms with E-state index in [0.29, 0.717) is 0 Å². The second kappa shape index (κ2) is 5.50. The third kappa shape index (κ3) is 2.56. The Bertz CT molecular complexity index is 321. The van der Waals surface area contributed by atoms with E-state index in [0.717, 1.165) is 25.1 Å². The highest BCUT2D eigenvalue weighted by atomic mass is 16.2. The van der Waals surface area contributed by atoms with Crippen LogP contribution < -0.4 is 11.3 Å². The number of nitrogens with zero attached hydrogens (tertiary/aromatic N) is 2. The van der Waals surface area contributed by atoms with E-state index in [1.807, 2.05) is 24.6 Å². The maximum Gasteiger partial charge on any atom is 0.256 e. The molecule has 15 heavy (non-hydrogen) atoms. The van der Waals surface area contributed by atoms with Gasteiger partial charge in [-0.2, -0.15) is 0 Å². The van der Waals surface area contributed by atoms with Crippen LogP contribution in [0.2, 0.25) is 0 Å². The van der Waals surface area contributed by atoms with Gasteiger partial charge in [-0.15, -0.1) is 0 Å². The molecule has 5 nitrogen and oxygen atoms in total. The van der Waals surface area contributed by atoms with Crippen molar-refractivity contribution in [2.75, 3.05) is 0 Å². The maximum atomic E-state index is 11.6. The molecule has 5 heteroatoms. The molecule has 0 radical (unpaired) electrons. The molecule has 1 heterocycles. The number of rotatable bonds is 5. The second-order valence-corrected chi connectivity index (χ2v) is 3.42. The number of aryl methyl sites for hydroxylation is 1. The Labute approximate surface area is 89.6 Å². The molecular weight excluding hydrogens is 192 g/mol. The molecule has 0 spiro atoms. The van der Waals surface area contributed by atoms with Gasteiger partial charge in [-0.05, 0) is 6.42 Å². The molecule has 0 saturated carbocycles. The van der Waals surface area contributed by atoms with Crippen molar-refractivity contribution in [2.45, 2.75) is 39.2 Å². The molecule has 0 saturated heterocycles. The van der Waals surface area contributed by atoms with Crippen molar-refractivity contribution in [3.05, 3.63) is 18.2 Å². The van der Waals surface area contributed by atoms with E-state index in [1.54, 1.807) is 6.20 Å². The van der Waals surface area contributed by atoms with Gasteiger partial charge in [0.2, 0.25) is 0 Å². The number of nitrogens with two attached hydrogens (primary N) is 1. The molecule has 0 fully saturated rings. The van der Waals surface area contributed by atoms with Crippen LogP contribution in [-0.2, 0) is 11.2 Å². The van der Waals surface area contributed by atoms with Gasteiger partial charge in [0.1, 0.15) is 11.9 Å². The highest BCUT2D eigenvalue weighted by molar-refractivity contribution is 5.79. The Morgan fingerprint density at radius 1 is 1.67 bits per heavy atom. The van der Waals surface area contributed by atoms with Crippen molar-refractivity contribution in [2.24, 2.45) is 5.84 Å². The van der Waals surface area contributed by atoms with Crippen LogP contribution in [0.4, 0.5) is 0 Å². The molecule has 84 valence electrons.